The first-order chi connectivity index (χ1) is 9.51. The van der Waals surface area contributed by atoms with Gasteiger partial charge in [0.1, 0.15) is 0 Å². The van der Waals surface area contributed by atoms with E-state index in [0.29, 0.717) is 5.69 Å². The molecular formula is C13H13ClN2O3S. The third-order valence-electron chi connectivity index (χ3n) is 2.85. The van der Waals surface area contributed by atoms with Crippen molar-refractivity contribution in [3.05, 3.63) is 49.7 Å². The molecule has 1 unspecified atom stereocenters. The Morgan fingerprint density at radius 2 is 2.20 bits per heavy atom. The summed E-state index contributed by atoms with van der Waals surface area (Å²) in [6.45, 7) is 1.97. The van der Waals surface area contributed by atoms with Gasteiger partial charge in [-0.25, -0.2) is 0 Å². The number of halogens is 1. The molecule has 1 atom stereocenters. The van der Waals surface area contributed by atoms with Crippen molar-refractivity contribution in [2.45, 2.75) is 13.0 Å². The Kier molecular flexibility index (Phi) is 4.46. The SMILES string of the molecule is COc1ccc(NC(C)c2csc(Cl)c2)cc1[N+](=O)[O-]. The molecule has 0 amide bonds. The summed E-state index contributed by atoms with van der Waals surface area (Å²) in [4.78, 5) is 10.5. The predicted molar refractivity (Wildman–Crippen MR) is 81.0 cm³/mol. The summed E-state index contributed by atoms with van der Waals surface area (Å²) in [6.07, 6.45) is 0. The third-order valence-corrected chi connectivity index (χ3v) is 3.96. The minimum atomic E-state index is -0.462. The lowest BCUT2D eigenvalue weighted by Crippen LogP contribution is -2.06. The van der Waals surface area contributed by atoms with Crippen molar-refractivity contribution in [2.24, 2.45) is 0 Å². The fraction of sp³-hybridized carbons (Fsp3) is 0.231. The number of nitro benzene ring substituents is 1. The lowest BCUT2D eigenvalue weighted by molar-refractivity contribution is -0.385. The molecule has 0 aliphatic heterocycles. The first kappa shape index (κ1) is 14.6. The van der Waals surface area contributed by atoms with Gasteiger partial charge in [-0.05, 0) is 36.1 Å². The molecule has 0 aliphatic carbocycles. The molecule has 7 heteroatoms. The second kappa shape index (κ2) is 6.11. The highest BCUT2D eigenvalue weighted by molar-refractivity contribution is 7.14. The van der Waals surface area contributed by atoms with Crippen LogP contribution in [0.2, 0.25) is 4.34 Å². The normalized spacial score (nSPS) is 11.9. The van der Waals surface area contributed by atoms with Gasteiger partial charge < -0.3 is 10.1 Å². The van der Waals surface area contributed by atoms with E-state index < -0.39 is 4.92 Å². The Hall–Kier alpha value is -1.79. The van der Waals surface area contributed by atoms with Gasteiger partial charge in [0, 0.05) is 17.8 Å². The number of hydrogen-bond donors (Lipinski definition) is 1. The summed E-state index contributed by atoms with van der Waals surface area (Å²) in [7, 11) is 1.41. The molecule has 5 nitrogen and oxygen atoms in total. The largest absolute Gasteiger partial charge is 0.490 e. The summed E-state index contributed by atoms with van der Waals surface area (Å²) in [5.41, 5.74) is 1.64. The molecule has 2 rings (SSSR count). The Morgan fingerprint density at radius 3 is 2.75 bits per heavy atom. The first-order valence-corrected chi connectivity index (χ1v) is 7.10. The topological polar surface area (TPSA) is 64.4 Å². The van der Waals surface area contributed by atoms with Crippen LogP contribution in [-0.2, 0) is 0 Å². The van der Waals surface area contributed by atoms with E-state index in [4.69, 9.17) is 16.3 Å². The minimum absolute atomic E-state index is 0.00625. The highest BCUT2D eigenvalue weighted by Gasteiger charge is 2.16. The number of nitrogens with one attached hydrogen (secondary N) is 1. The van der Waals surface area contributed by atoms with Gasteiger partial charge in [-0.15, -0.1) is 11.3 Å². The van der Waals surface area contributed by atoms with Crippen molar-refractivity contribution in [1.29, 1.82) is 0 Å². The molecule has 0 spiro atoms. The van der Waals surface area contributed by atoms with E-state index in [2.05, 4.69) is 5.32 Å². The predicted octanol–water partition coefficient (Wildman–Crippen LogP) is 4.49. The molecule has 20 heavy (non-hydrogen) atoms. The number of rotatable bonds is 5. The van der Waals surface area contributed by atoms with Crippen LogP contribution in [0.3, 0.4) is 0 Å². The molecule has 0 saturated carbocycles. The number of benzene rings is 1. The molecule has 1 heterocycles. The molecule has 0 fully saturated rings. The fourth-order valence-electron chi connectivity index (χ4n) is 1.81. The summed E-state index contributed by atoms with van der Waals surface area (Å²) in [5, 5.41) is 16.1. The van der Waals surface area contributed by atoms with Crippen LogP contribution in [0, 0.1) is 10.1 Å². The van der Waals surface area contributed by atoms with Gasteiger partial charge in [0.15, 0.2) is 5.75 Å². The molecule has 1 aromatic heterocycles. The van der Waals surface area contributed by atoms with E-state index in [0.717, 1.165) is 9.90 Å². The van der Waals surface area contributed by atoms with E-state index in [1.54, 1.807) is 12.1 Å². The zero-order valence-electron chi connectivity index (χ0n) is 10.9. The van der Waals surface area contributed by atoms with Crippen molar-refractivity contribution in [1.82, 2.24) is 0 Å². The fourth-order valence-corrected chi connectivity index (χ4v) is 2.79. The zero-order valence-corrected chi connectivity index (χ0v) is 12.5. The van der Waals surface area contributed by atoms with Crippen LogP contribution in [0.4, 0.5) is 11.4 Å². The Balaban J connectivity index is 2.21. The zero-order chi connectivity index (χ0) is 14.7. The van der Waals surface area contributed by atoms with Gasteiger partial charge in [-0.3, -0.25) is 10.1 Å². The van der Waals surface area contributed by atoms with Gasteiger partial charge in [0.05, 0.1) is 16.4 Å². The number of thiophene rings is 1. The van der Waals surface area contributed by atoms with E-state index in [1.165, 1.54) is 24.5 Å². The van der Waals surface area contributed by atoms with Crippen LogP contribution in [-0.4, -0.2) is 12.0 Å². The van der Waals surface area contributed by atoms with Crippen LogP contribution in [0.25, 0.3) is 0 Å². The average molecular weight is 313 g/mol. The number of ether oxygens (including phenoxy) is 1. The molecule has 1 N–H and O–H groups in total. The lowest BCUT2D eigenvalue weighted by Gasteiger charge is -2.14. The Bertz CT molecular complexity index is 630. The molecular weight excluding hydrogens is 300 g/mol. The van der Waals surface area contributed by atoms with Crippen molar-refractivity contribution in [2.75, 3.05) is 12.4 Å². The summed E-state index contributed by atoms with van der Waals surface area (Å²) >= 11 is 7.35. The second-order valence-corrected chi connectivity index (χ2v) is 5.74. The summed E-state index contributed by atoms with van der Waals surface area (Å²) in [6, 6.07) is 6.67. The van der Waals surface area contributed by atoms with Crippen LogP contribution in [0.1, 0.15) is 18.5 Å². The molecule has 2 aromatic rings. The molecule has 0 aliphatic rings. The Morgan fingerprint density at radius 1 is 1.45 bits per heavy atom. The van der Waals surface area contributed by atoms with E-state index in [9.17, 15) is 10.1 Å². The smallest absolute Gasteiger partial charge is 0.312 e. The molecule has 0 saturated heterocycles. The highest BCUT2D eigenvalue weighted by atomic mass is 35.5. The van der Waals surface area contributed by atoms with Gasteiger partial charge in [-0.1, -0.05) is 11.6 Å². The van der Waals surface area contributed by atoms with Gasteiger partial charge >= 0.3 is 5.69 Å². The summed E-state index contributed by atoms with van der Waals surface area (Å²) in [5.74, 6) is 0.242. The number of nitro groups is 1. The maximum atomic E-state index is 11.0. The van der Waals surface area contributed by atoms with Crippen molar-refractivity contribution in [3.63, 3.8) is 0 Å². The van der Waals surface area contributed by atoms with Gasteiger partial charge in [0.25, 0.3) is 0 Å². The highest BCUT2D eigenvalue weighted by Crippen LogP contribution is 2.32. The van der Waals surface area contributed by atoms with Crippen molar-refractivity contribution in [3.8, 4) is 5.75 Å². The number of methoxy groups -OCH3 is 1. The number of hydrogen-bond acceptors (Lipinski definition) is 5. The van der Waals surface area contributed by atoms with Crippen LogP contribution in [0.15, 0.2) is 29.6 Å². The maximum absolute atomic E-state index is 11.0. The standard InChI is InChI=1S/C13H13ClN2O3S/c1-8(9-5-13(14)20-7-9)15-10-3-4-12(19-2)11(6-10)16(17)18/h3-8,15H,1-2H3. The lowest BCUT2D eigenvalue weighted by atomic mass is 10.1. The van der Waals surface area contributed by atoms with Crippen LogP contribution >= 0.6 is 22.9 Å². The maximum Gasteiger partial charge on any atom is 0.312 e. The minimum Gasteiger partial charge on any atom is -0.490 e. The number of nitrogens with zero attached hydrogens (tertiary/aromatic N) is 1. The molecule has 1 aromatic carbocycles. The number of anilines is 1. The quantitative estimate of drug-likeness (QED) is 0.652. The summed E-state index contributed by atoms with van der Waals surface area (Å²) < 4.78 is 5.69. The van der Waals surface area contributed by atoms with Gasteiger partial charge in [-0.2, -0.15) is 0 Å². The van der Waals surface area contributed by atoms with E-state index in [-0.39, 0.29) is 17.5 Å². The van der Waals surface area contributed by atoms with Crippen LogP contribution < -0.4 is 10.1 Å². The van der Waals surface area contributed by atoms with E-state index in [1.807, 2.05) is 18.4 Å². The van der Waals surface area contributed by atoms with Crippen LogP contribution in [0.5, 0.6) is 5.75 Å². The van der Waals surface area contributed by atoms with Crippen molar-refractivity contribution >= 4 is 34.3 Å². The molecule has 106 valence electrons. The average Bonchev–Trinajstić information content (AvgIpc) is 2.85. The molecule has 0 radical (unpaired) electrons. The van der Waals surface area contributed by atoms with Crippen molar-refractivity contribution < 1.29 is 9.66 Å². The third kappa shape index (κ3) is 3.20. The Labute approximate surface area is 125 Å². The second-order valence-electron chi connectivity index (χ2n) is 4.19. The molecule has 0 bridgehead atoms. The van der Waals surface area contributed by atoms with E-state index >= 15 is 0 Å². The monoisotopic (exact) mass is 312 g/mol. The first-order valence-electron chi connectivity index (χ1n) is 5.84. The van der Waals surface area contributed by atoms with Gasteiger partial charge in [0.2, 0.25) is 0 Å².